The molecule has 1 aliphatic rings. The van der Waals surface area contributed by atoms with Gasteiger partial charge in [-0.1, -0.05) is 11.8 Å². The standard InChI is InChI=1S/C19H25F3N2O6/c1-18(2,3)6-5-7-29-13-8-15(30-14(13)10-28-11-27-4)24-9-12(19(20,21)22)16(25)23-17(24)26/h9,13-15H,7-8,10-11H2,1-4H3,(H,23,25,26)/t13-,14+,15+/m0/s1. The first-order valence-corrected chi connectivity index (χ1v) is 9.19. The number of halogens is 3. The van der Waals surface area contributed by atoms with Crippen LogP contribution < -0.4 is 11.2 Å². The molecule has 2 rings (SSSR count). The van der Waals surface area contributed by atoms with Crippen molar-refractivity contribution in [3.8, 4) is 11.8 Å². The molecule has 0 radical (unpaired) electrons. The van der Waals surface area contributed by atoms with E-state index in [-0.39, 0.29) is 31.8 Å². The molecule has 3 atom stereocenters. The first-order chi connectivity index (χ1) is 13.9. The van der Waals surface area contributed by atoms with Crippen molar-refractivity contribution in [3.05, 3.63) is 32.6 Å². The number of H-pyrrole nitrogens is 1. The molecule has 1 saturated heterocycles. The number of aromatic amines is 1. The first-order valence-electron chi connectivity index (χ1n) is 9.19. The lowest BCUT2D eigenvalue weighted by Gasteiger charge is -2.18. The van der Waals surface area contributed by atoms with Crippen molar-refractivity contribution >= 4 is 0 Å². The van der Waals surface area contributed by atoms with Gasteiger partial charge < -0.3 is 18.9 Å². The minimum absolute atomic E-state index is 0.0160. The number of rotatable bonds is 7. The zero-order valence-corrected chi connectivity index (χ0v) is 17.2. The van der Waals surface area contributed by atoms with Gasteiger partial charge in [-0.2, -0.15) is 13.2 Å². The van der Waals surface area contributed by atoms with Gasteiger partial charge in [-0.25, -0.2) is 4.79 Å². The highest BCUT2D eigenvalue weighted by atomic mass is 19.4. The van der Waals surface area contributed by atoms with Gasteiger partial charge in [-0.15, -0.1) is 0 Å². The van der Waals surface area contributed by atoms with Crippen LogP contribution in [-0.2, 0) is 25.1 Å². The summed E-state index contributed by atoms with van der Waals surface area (Å²) in [5.41, 5.74) is -4.22. The predicted octanol–water partition coefficient (Wildman–Crippen LogP) is 1.90. The second kappa shape index (κ2) is 9.78. The third-order valence-electron chi connectivity index (χ3n) is 4.08. The maximum atomic E-state index is 13.1. The normalized spacial score (nSPS) is 22.0. The summed E-state index contributed by atoms with van der Waals surface area (Å²) in [7, 11) is 1.44. The monoisotopic (exact) mass is 434 g/mol. The molecule has 1 aliphatic heterocycles. The molecule has 0 aromatic carbocycles. The van der Waals surface area contributed by atoms with Gasteiger partial charge in [0.25, 0.3) is 5.56 Å². The van der Waals surface area contributed by atoms with Gasteiger partial charge in [-0.05, 0) is 20.8 Å². The van der Waals surface area contributed by atoms with E-state index in [0.29, 0.717) is 10.8 Å². The van der Waals surface area contributed by atoms with Gasteiger partial charge in [0.1, 0.15) is 31.3 Å². The summed E-state index contributed by atoms with van der Waals surface area (Å²) in [6.45, 7) is 5.92. The van der Waals surface area contributed by atoms with Gasteiger partial charge in [0, 0.05) is 25.1 Å². The molecule has 0 aliphatic carbocycles. The minimum atomic E-state index is -4.92. The Labute approximate surface area is 171 Å². The van der Waals surface area contributed by atoms with Crippen molar-refractivity contribution in [3.63, 3.8) is 0 Å². The lowest BCUT2D eigenvalue weighted by Crippen LogP contribution is -2.36. The number of hydrogen-bond donors (Lipinski definition) is 1. The van der Waals surface area contributed by atoms with Gasteiger partial charge in [-0.3, -0.25) is 14.3 Å². The zero-order valence-electron chi connectivity index (χ0n) is 17.2. The van der Waals surface area contributed by atoms with Crippen molar-refractivity contribution in [2.24, 2.45) is 5.41 Å². The first kappa shape index (κ1) is 24.1. The van der Waals surface area contributed by atoms with Crippen molar-refractivity contribution in [1.82, 2.24) is 9.55 Å². The number of hydrogen-bond acceptors (Lipinski definition) is 6. The number of nitrogens with one attached hydrogen (secondary N) is 1. The Hall–Kier alpha value is -2.13. The van der Waals surface area contributed by atoms with E-state index in [1.54, 1.807) is 4.98 Å². The summed E-state index contributed by atoms with van der Waals surface area (Å²) < 4.78 is 61.4. The van der Waals surface area contributed by atoms with E-state index in [4.69, 9.17) is 18.9 Å². The number of aromatic nitrogens is 2. The molecule has 168 valence electrons. The highest BCUT2D eigenvalue weighted by Gasteiger charge is 2.40. The molecular weight excluding hydrogens is 409 g/mol. The Bertz CT molecular complexity index is 891. The average Bonchev–Trinajstić information content (AvgIpc) is 3.00. The average molecular weight is 434 g/mol. The zero-order chi connectivity index (χ0) is 22.5. The molecule has 1 N–H and O–H groups in total. The molecular formula is C19H25F3N2O6. The summed E-state index contributed by atoms with van der Waals surface area (Å²) in [6, 6.07) is 0. The quantitative estimate of drug-likeness (QED) is 0.401. The number of ether oxygens (including phenoxy) is 4. The molecule has 0 bridgehead atoms. The van der Waals surface area contributed by atoms with E-state index >= 15 is 0 Å². The molecule has 0 unspecified atom stereocenters. The van der Waals surface area contributed by atoms with Crippen LogP contribution in [-0.4, -0.2) is 48.9 Å². The molecule has 8 nitrogen and oxygen atoms in total. The van der Waals surface area contributed by atoms with Crippen LogP contribution in [0.3, 0.4) is 0 Å². The van der Waals surface area contributed by atoms with Crippen LogP contribution in [0.1, 0.15) is 39.0 Å². The molecule has 0 amide bonds. The highest BCUT2D eigenvalue weighted by Crippen LogP contribution is 2.32. The third kappa shape index (κ3) is 6.70. The smallest absolute Gasteiger partial charge is 0.363 e. The second-order valence-corrected chi connectivity index (χ2v) is 7.75. The van der Waals surface area contributed by atoms with E-state index in [2.05, 4.69) is 11.8 Å². The van der Waals surface area contributed by atoms with Crippen LogP contribution in [0.2, 0.25) is 0 Å². The molecule has 1 fully saturated rings. The van der Waals surface area contributed by atoms with Gasteiger partial charge >= 0.3 is 11.9 Å². The van der Waals surface area contributed by atoms with E-state index < -0.39 is 41.4 Å². The molecule has 1 aromatic rings. The van der Waals surface area contributed by atoms with Crippen LogP contribution in [0.15, 0.2) is 15.8 Å². The van der Waals surface area contributed by atoms with E-state index in [1.807, 2.05) is 20.8 Å². The van der Waals surface area contributed by atoms with E-state index in [9.17, 15) is 22.8 Å². The lowest BCUT2D eigenvalue weighted by molar-refractivity contribution is -0.140. The Morgan fingerprint density at radius 3 is 2.60 bits per heavy atom. The van der Waals surface area contributed by atoms with E-state index in [1.165, 1.54) is 7.11 Å². The molecule has 0 saturated carbocycles. The van der Waals surface area contributed by atoms with Crippen molar-refractivity contribution < 1.29 is 32.1 Å². The molecule has 11 heteroatoms. The fraction of sp³-hybridized carbons (Fsp3) is 0.684. The number of nitrogens with zero attached hydrogens (tertiary/aromatic N) is 1. The second-order valence-electron chi connectivity index (χ2n) is 7.75. The Morgan fingerprint density at radius 1 is 1.30 bits per heavy atom. The van der Waals surface area contributed by atoms with Crippen LogP contribution in [0.25, 0.3) is 0 Å². The van der Waals surface area contributed by atoms with Gasteiger partial charge in [0.2, 0.25) is 0 Å². The molecule has 1 aromatic heterocycles. The van der Waals surface area contributed by atoms with Crippen molar-refractivity contribution in [2.45, 2.75) is 51.8 Å². The van der Waals surface area contributed by atoms with Crippen LogP contribution in [0.4, 0.5) is 13.2 Å². The third-order valence-corrected chi connectivity index (χ3v) is 4.08. The molecule has 2 heterocycles. The fourth-order valence-corrected chi connectivity index (χ4v) is 2.80. The Balaban J connectivity index is 2.22. The highest BCUT2D eigenvalue weighted by molar-refractivity contribution is 5.10. The van der Waals surface area contributed by atoms with Crippen LogP contribution >= 0.6 is 0 Å². The largest absolute Gasteiger partial charge is 0.423 e. The summed E-state index contributed by atoms with van der Waals surface area (Å²) in [5, 5.41) is 0. The summed E-state index contributed by atoms with van der Waals surface area (Å²) in [4.78, 5) is 25.3. The molecule has 0 spiro atoms. The topological polar surface area (TPSA) is 91.8 Å². The van der Waals surface area contributed by atoms with Crippen molar-refractivity contribution in [1.29, 1.82) is 0 Å². The maximum Gasteiger partial charge on any atom is 0.423 e. The van der Waals surface area contributed by atoms with E-state index in [0.717, 1.165) is 0 Å². The Morgan fingerprint density at radius 2 is 2.00 bits per heavy atom. The molecule has 30 heavy (non-hydrogen) atoms. The van der Waals surface area contributed by atoms with Gasteiger partial charge in [0.15, 0.2) is 0 Å². The summed E-state index contributed by atoms with van der Waals surface area (Å²) >= 11 is 0. The van der Waals surface area contributed by atoms with Crippen LogP contribution in [0, 0.1) is 17.3 Å². The maximum absolute atomic E-state index is 13.1. The number of methoxy groups -OCH3 is 1. The lowest BCUT2D eigenvalue weighted by atomic mass is 9.98. The van der Waals surface area contributed by atoms with Crippen molar-refractivity contribution in [2.75, 3.05) is 27.1 Å². The Kier molecular flexibility index (Phi) is 7.87. The predicted molar refractivity (Wildman–Crippen MR) is 99.7 cm³/mol. The minimum Gasteiger partial charge on any atom is -0.363 e. The summed E-state index contributed by atoms with van der Waals surface area (Å²) in [6.07, 6.45) is -6.72. The van der Waals surface area contributed by atoms with Gasteiger partial charge in [0.05, 0.1) is 12.7 Å². The SMILES string of the molecule is COCOC[C@H]1O[C@@H](n2cc(C(F)(F)F)c(=O)[nH]c2=O)C[C@@H]1OCC#CC(C)(C)C. The number of alkyl halides is 3. The summed E-state index contributed by atoms with van der Waals surface area (Å²) in [5.74, 6) is 5.89. The van der Waals surface area contributed by atoms with Crippen LogP contribution in [0.5, 0.6) is 0 Å². The fourth-order valence-electron chi connectivity index (χ4n) is 2.80.